The molecule has 1 aliphatic heterocycles. The Labute approximate surface area is 126 Å². The van der Waals surface area contributed by atoms with Gasteiger partial charge in [-0.05, 0) is 31.0 Å². The van der Waals surface area contributed by atoms with Crippen LogP contribution in [0.3, 0.4) is 0 Å². The minimum absolute atomic E-state index is 0.0353. The Hall–Kier alpha value is -1.56. The van der Waals surface area contributed by atoms with Crippen LogP contribution in [0, 0.1) is 0 Å². The molecule has 0 saturated carbocycles. The lowest BCUT2D eigenvalue weighted by atomic mass is 10.0. The molecule has 0 unspecified atom stereocenters. The number of carbonyl (C=O) groups excluding carboxylic acids is 2. The van der Waals surface area contributed by atoms with Gasteiger partial charge in [-0.15, -0.1) is 0 Å². The second kappa shape index (κ2) is 6.26. The number of amides is 2. The van der Waals surface area contributed by atoms with E-state index in [1.165, 1.54) is 6.07 Å². The Morgan fingerprint density at radius 3 is 2.60 bits per heavy atom. The first-order valence-electron chi connectivity index (χ1n) is 6.52. The van der Waals surface area contributed by atoms with Crippen molar-refractivity contribution in [3.63, 3.8) is 0 Å². The molecule has 0 spiro atoms. The van der Waals surface area contributed by atoms with Gasteiger partial charge in [0.1, 0.15) is 5.75 Å². The van der Waals surface area contributed by atoms with Crippen molar-refractivity contribution in [3.8, 4) is 5.75 Å². The van der Waals surface area contributed by atoms with Crippen molar-refractivity contribution >= 4 is 27.7 Å². The van der Waals surface area contributed by atoms with Crippen LogP contribution in [-0.2, 0) is 4.79 Å². The lowest BCUT2D eigenvalue weighted by Crippen LogP contribution is -2.46. The topological polar surface area (TPSA) is 69.6 Å². The zero-order chi connectivity index (χ0) is 14.7. The first kappa shape index (κ1) is 14.8. The van der Waals surface area contributed by atoms with Gasteiger partial charge in [-0.3, -0.25) is 9.59 Å². The van der Waals surface area contributed by atoms with Crippen LogP contribution in [0.15, 0.2) is 22.7 Å². The van der Waals surface area contributed by atoms with Gasteiger partial charge in [0.25, 0.3) is 5.91 Å². The van der Waals surface area contributed by atoms with E-state index < -0.39 is 0 Å². The molecule has 0 atom stereocenters. The van der Waals surface area contributed by atoms with E-state index in [1.54, 1.807) is 24.0 Å². The highest BCUT2D eigenvalue weighted by molar-refractivity contribution is 9.10. The van der Waals surface area contributed by atoms with Gasteiger partial charge in [0.2, 0.25) is 5.91 Å². The average molecular weight is 341 g/mol. The zero-order valence-electron chi connectivity index (χ0n) is 11.2. The molecule has 0 bridgehead atoms. The Kier molecular flexibility index (Phi) is 4.65. The third-order valence-corrected chi connectivity index (χ3v) is 3.97. The van der Waals surface area contributed by atoms with E-state index in [1.807, 2.05) is 0 Å². The number of piperidine rings is 1. The van der Waals surface area contributed by atoms with Crippen molar-refractivity contribution in [1.29, 1.82) is 0 Å². The van der Waals surface area contributed by atoms with E-state index in [0.717, 1.165) is 17.3 Å². The summed E-state index contributed by atoms with van der Waals surface area (Å²) in [7, 11) is 0. The summed E-state index contributed by atoms with van der Waals surface area (Å²) in [5.41, 5.74) is 0.258. The molecule has 1 fully saturated rings. The molecule has 2 N–H and O–H groups in total. The molecule has 1 aromatic carbocycles. The van der Waals surface area contributed by atoms with Crippen LogP contribution in [-0.4, -0.2) is 41.0 Å². The Morgan fingerprint density at radius 1 is 1.35 bits per heavy atom. The summed E-state index contributed by atoms with van der Waals surface area (Å²) in [5, 5.41) is 12.6. The lowest BCUT2D eigenvalue weighted by molar-refractivity contribution is -0.129. The molecule has 1 aromatic rings. The summed E-state index contributed by atoms with van der Waals surface area (Å²) in [6, 6.07) is 4.79. The predicted octanol–water partition coefficient (Wildman–Crippen LogP) is 1.90. The third kappa shape index (κ3) is 3.50. The number of phenols is 1. The molecule has 6 heteroatoms. The molecule has 1 saturated heterocycles. The highest BCUT2D eigenvalue weighted by atomic mass is 79.9. The normalized spacial score (nSPS) is 16.0. The highest BCUT2D eigenvalue weighted by Gasteiger charge is 2.23. The van der Waals surface area contributed by atoms with Gasteiger partial charge in [-0.1, -0.05) is 15.9 Å². The average Bonchev–Trinajstić information content (AvgIpc) is 2.42. The first-order valence-corrected chi connectivity index (χ1v) is 7.31. The molecular formula is C14H17BrN2O3. The maximum atomic E-state index is 12.1. The van der Waals surface area contributed by atoms with Crippen LogP contribution in [0.25, 0.3) is 0 Å². The number of hydrogen-bond donors (Lipinski definition) is 2. The van der Waals surface area contributed by atoms with Crippen molar-refractivity contribution in [2.24, 2.45) is 0 Å². The Bertz CT molecular complexity index is 525. The fraction of sp³-hybridized carbons (Fsp3) is 0.429. The second-order valence-corrected chi connectivity index (χ2v) is 5.83. The van der Waals surface area contributed by atoms with Gasteiger partial charge >= 0.3 is 0 Å². The number of carbonyl (C=O) groups is 2. The number of rotatable bonds is 2. The number of halogens is 1. The van der Waals surface area contributed by atoms with E-state index in [2.05, 4.69) is 21.2 Å². The van der Waals surface area contributed by atoms with Crippen molar-refractivity contribution < 1.29 is 14.7 Å². The van der Waals surface area contributed by atoms with Crippen LogP contribution < -0.4 is 5.32 Å². The molecule has 0 radical (unpaired) electrons. The van der Waals surface area contributed by atoms with E-state index in [0.29, 0.717) is 13.1 Å². The van der Waals surface area contributed by atoms with Crippen molar-refractivity contribution in [2.75, 3.05) is 13.1 Å². The lowest BCUT2D eigenvalue weighted by Gasteiger charge is -2.31. The summed E-state index contributed by atoms with van der Waals surface area (Å²) >= 11 is 3.28. The van der Waals surface area contributed by atoms with Crippen molar-refractivity contribution in [3.05, 3.63) is 28.2 Å². The number of benzene rings is 1. The Balaban J connectivity index is 1.96. The highest BCUT2D eigenvalue weighted by Crippen LogP contribution is 2.22. The number of aromatic hydroxyl groups is 1. The van der Waals surface area contributed by atoms with Crippen LogP contribution in [0.5, 0.6) is 5.75 Å². The Morgan fingerprint density at radius 2 is 2.00 bits per heavy atom. The van der Waals surface area contributed by atoms with Crippen LogP contribution >= 0.6 is 15.9 Å². The fourth-order valence-electron chi connectivity index (χ4n) is 2.29. The minimum Gasteiger partial charge on any atom is -0.507 e. The molecule has 108 valence electrons. The van der Waals surface area contributed by atoms with Crippen LogP contribution in [0.4, 0.5) is 0 Å². The van der Waals surface area contributed by atoms with E-state index in [4.69, 9.17) is 0 Å². The molecule has 2 amide bonds. The molecule has 5 nitrogen and oxygen atoms in total. The predicted molar refractivity (Wildman–Crippen MR) is 78.5 cm³/mol. The molecule has 0 aliphatic carbocycles. The largest absolute Gasteiger partial charge is 0.507 e. The second-order valence-electron chi connectivity index (χ2n) is 4.92. The molecule has 0 aromatic heterocycles. The number of phenolic OH excluding ortho intramolecular Hbond substituents is 1. The summed E-state index contributed by atoms with van der Waals surface area (Å²) < 4.78 is 0.742. The van der Waals surface area contributed by atoms with Crippen molar-refractivity contribution in [2.45, 2.75) is 25.8 Å². The van der Waals surface area contributed by atoms with E-state index >= 15 is 0 Å². The van der Waals surface area contributed by atoms with Gasteiger partial charge in [-0.2, -0.15) is 0 Å². The van der Waals surface area contributed by atoms with Crippen LogP contribution in [0.2, 0.25) is 0 Å². The molecular weight excluding hydrogens is 324 g/mol. The number of nitrogens with zero attached hydrogens (tertiary/aromatic N) is 1. The minimum atomic E-state index is -0.287. The number of likely N-dealkylation sites (tertiary alicyclic amines) is 1. The van der Waals surface area contributed by atoms with Gasteiger partial charge in [0.05, 0.1) is 5.56 Å². The van der Waals surface area contributed by atoms with Gasteiger partial charge < -0.3 is 15.3 Å². The van der Waals surface area contributed by atoms with E-state index in [9.17, 15) is 14.7 Å². The van der Waals surface area contributed by atoms with E-state index in [-0.39, 0.29) is 29.2 Å². The van der Waals surface area contributed by atoms with Gasteiger partial charge in [0.15, 0.2) is 0 Å². The van der Waals surface area contributed by atoms with Gasteiger partial charge in [-0.25, -0.2) is 0 Å². The standard InChI is InChI=1S/C14H17BrN2O3/c1-9(18)17-6-4-11(5-7-17)16-14(20)12-8-10(15)2-3-13(12)19/h2-3,8,11,19H,4-7H2,1H3,(H,16,20). The number of nitrogens with one attached hydrogen (secondary N) is 1. The van der Waals surface area contributed by atoms with Crippen molar-refractivity contribution in [1.82, 2.24) is 10.2 Å². The maximum absolute atomic E-state index is 12.1. The fourth-order valence-corrected chi connectivity index (χ4v) is 2.65. The van der Waals surface area contributed by atoms with Crippen LogP contribution in [0.1, 0.15) is 30.1 Å². The monoisotopic (exact) mass is 340 g/mol. The first-order chi connectivity index (χ1) is 9.47. The number of hydrogen-bond acceptors (Lipinski definition) is 3. The smallest absolute Gasteiger partial charge is 0.255 e. The van der Waals surface area contributed by atoms with Gasteiger partial charge in [0, 0.05) is 30.5 Å². The summed E-state index contributed by atoms with van der Waals surface area (Å²) in [6.45, 7) is 2.87. The molecule has 20 heavy (non-hydrogen) atoms. The quantitative estimate of drug-likeness (QED) is 0.863. The third-order valence-electron chi connectivity index (χ3n) is 3.48. The summed E-state index contributed by atoms with van der Waals surface area (Å²) in [5.74, 6) is -0.253. The summed E-state index contributed by atoms with van der Waals surface area (Å²) in [6.07, 6.45) is 1.47. The molecule has 2 rings (SSSR count). The SMILES string of the molecule is CC(=O)N1CCC(NC(=O)c2cc(Br)ccc2O)CC1. The maximum Gasteiger partial charge on any atom is 0.255 e. The summed E-state index contributed by atoms with van der Waals surface area (Å²) in [4.78, 5) is 25.1. The molecule has 1 heterocycles. The molecule has 1 aliphatic rings. The zero-order valence-corrected chi connectivity index (χ0v) is 12.8.